The number of ketones is 1. The Morgan fingerprint density at radius 2 is 1.42 bits per heavy atom. The van der Waals surface area contributed by atoms with E-state index in [9.17, 15) is 4.79 Å². The zero-order chi connectivity index (χ0) is 16.4. The van der Waals surface area contributed by atoms with Crippen LogP contribution in [-0.4, -0.2) is 5.78 Å². The fourth-order valence-corrected chi connectivity index (χ4v) is 3.56. The zero-order valence-electron chi connectivity index (χ0n) is 13.4. The average molecular weight is 313 g/mol. The lowest BCUT2D eigenvalue weighted by Gasteiger charge is -2.34. The first-order valence-electron chi connectivity index (χ1n) is 8.30. The zero-order valence-corrected chi connectivity index (χ0v) is 13.4. The normalized spacial score (nSPS) is 19.5. The predicted molar refractivity (Wildman–Crippen MR) is 96.0 cm³/mol. The van der Waals surface area contributed by atoms with Crippen molar-refractivity contribution in [3.8, 4) is 0 Å². The number of hydrogen-bond donors (Lipinski definition) is 1. The highest BCUT2D eigenvalue weighted by Gasteiger charge is 2.35. The first-order valence-corrected chi connectivity index (χ1v) is 8.30. The molecule has 1 heterocycles. The van der Waals surface area contributed by atoms with Gasteiger partial charge in [-0.3, -0.25) is 4.79 Å². The Hall–Kier alpha value is -2.71. The monoisotopic (exact) mass is 313 g/mol. The van der Waals surface area contributed by atoms with E-state index in [1.807, 2.05) is 60.7 Å². The quantitative estimate of drug-likeness (QED) is 0.721. The Morgan fingerprint density at radius 1 is 0.792 bits per heavy atom. The molecule has 3 aromatic rings. The van der Waals surface area contributed by atoms with Crippen LogP contribution in [0.25, 0.3) is 0 Å². The molecule has 118 valence electrons. The number of rotatable bonds is 3. The molecule has 1 N–H and O–H groups in total. The van der Waals surface area contributed by atoms with Gasteiger partial charge >= 0.3 is 0 Å². The highest BCUT2D eigenvalue weighted by Crippen LogP contribution is 2.39. The summed E-state index contributed by atoms with van der Waals surface area (Å²) in [5.41, 5.74) is 4.26. The third-order valence-corrected chi connectivity index (χ3v) is 4.74. The summed E-state index contributed by atoms with van der Waals surface area (Å²) in [7, 11) is 0. The molecule has 2 heteroatoms. The molecule has 24 heavy (non-hydrogen) atoms. The van der Waals surface area contributed by atoms with Crippen LogP contribution in [0.15, 0.2) is 84.9 Å². The van der Waals surface area contributed by atoms with Crippen LogP contribution in [0.5, 0.6) is 0 Å². The van der Waals surface area contributed by atoms with Crippen LogP contribution in [0.1, 0.15) is 39.0 Å². The maximum Gasteiger partial charge on any atom is 0.172 e. The van der Waals surface area contributed by atoms with Crippen LogP contribution in [0, 0.1) is 0 Å². The Labute approximate surface area is 142 Å². The number of hydrogen-bond acceptors (Lipinski definition) is 2. The van der Waals surface area contributed by atoms with Crippen LogP contribution >= 0.6 is 0 Å². The molecule has 0 spiro atoms. The Kier molecular flexibility index (Phi) is 3.97. The highest BCUT2D eigenvalue weighted by atomic mass is 16.1. The van der Waals surface area contributed by atoms with Crippen LogP contribution in [-0.2, 0) is 6.54 Å². The molecule has 0 aliphatic carbocycles. The molecule has 1 aliphatic heterocycles. The van der Waals surface area contributed by atoms with Crippen molar-refractivity contribution in [2.75, 3.05) is 0 Å². The second-order valence-corrected chi connectivity index (χ2v) is 6.18. The summed E-state index contributed by atoms with van der Waals surface area (Å²) in [6.45, 7) is 0.786. The minimum atomic E-state index is -0.209. The van der Waals surface area contributed by atoms with Gasteiger partial charge in [0, 0.05) is 18.2 Å². The average Bonchev–Trinajstić information content (AvgIpc) is 2.68. The van der Waals surface area contributed by atoms with E-state index in [1.54, 1.807) is 0 Å². The second kappa shape index (κ2) is 6.42. The van der Waals surface area contributed by atoms with Crippen LogP contribution in [0.3, 0.4) is 0 Å². The summed E-state index contributed by atoms with van der Waals surface area (Å²) in [6.07, 6.45) is 0. The van der Waals surface area contributed by atoms with Gasteiger partial charge < -0.3 is 5.32 Å². The standard InChI is InChI=1S/C22H19NO/c24-22(17-11-5-2-6-12-17)20-19-14-8-7-13-18(19)15-23-21(20)16-9-3-1-4-10-16/h1-14,20-21,23H,15H2/t20-,21-/m0/s1. The van der Waals surface area contributed by atoms with Crippen LogP contribution in [0.4, 0.5) is 0 Å². The Bertz CT molecular complexity index is 842. The topological polar surface area (TPSA) is 29.1 Å². The van der Waals surface area contributed by atoms with Crippen molar-refractivity contribution in [2.45, 2.75) is 18.5 Å². The highest BCUT2D eigenvalue weighted by molar-refractivity contribution is 6.02. The summed E-state index contributed by atoms with van der Waals surface area (Å²) < 4.78 is 0. The van der Waals surface area contributed by atoms with Gasteiger partial charge in [-0.15, -0.1) is 0 Å². The number of nitrogens with one attached hydrogen (secondary N) is 1. The first-order chi connectivity index (χ1) is 11.8. The van der Waals surface area contributed by atoms with Gasteiger partial charge in [-0.1, -0.05) is 84.9 Å². The lowest BCUT2D eigenvalue weighted by atomic mass is 9.77. The lowest BCUT2D eigenvalue weighted by Crippen LogP contribution is -2.36. The molecule has 2 nitrogen and oxygen atoms in total. The molecule has 0 saturated carbocycles. The van der Waals surface area contributed by atoms with E-state index in [1.165, 1.54) is 5.56 Å². The summed E-state index contributed by atoms with van der Waals surface area (Å²) in [5.74, 6) is -0.0381. The van der Waals surface area contributed by atoms with Gasteiger partial charge in [0.25, 0.3) is 0 Å². The third kappa shape index (κ3) is 2.66. The molecule has 1 aliphatic rings. The molecule has 0 bridgehead atoms. The fourth-order valence-electron chi connectivity index (χ4n) is 3.56. The van der Waals surface area contributed by atoms with Crippen molar-refractivity contribution in [3.05, 3.63) is 107 Å². The van der Waals surface area contributed by atoms with Gasteiger partial charge in [-0.2, -0.15) is 0 Å². The van der Waals surface area contributed by atoms with E-state index >= 15 is 0 Å². The van der Waals surface area contributed by atoms with Gasteiger partial charge in [-0.25, -0.2) is 0 Å². The smallest absolute Gasteiger partial charge is 0.172 e. The van der Waals surface area contributed by atoms with Gasteiger partial charge in [-0.05, 0) is 16.7 Å². The third-order valence-electron chi connectivity index (χ3n) is 4.74. The Balaban J connectivity index is 1.82. The van der Waals surface area contributed by atoms with Crippen molar-refractivity contribution < 1.29 is 4.79 Å². The molecule has 2 atom stereocenters. The molecule has 0 saturated heterocycles. The van der Waals surface area contributed by atoms with E-state index in [4.69, 9.17) is 0 Å². The predicted octanol–water partition coefficient (Wildman–Crippen LogP) is 4.50. The molecule has 0 fully saturated rings. The maximum absolute atomic E-state index is 13.3. The van der Waals surface area contributed by atoms with Crippen LogP contribution in [0.2, 0.25) is 0 Å². The second-order valence-electron chi connectivity index (χ2n) is 6.18. The number of benzene rings is 3. The van der Waals surface area contributed by atoms with Gasteiger partial charge in [0.1, 0.15) is 0 Å². The van der Waals surface area contributed by atoms with Crippen molar-refractivity contribution in [3.63, 3.8) is 0 Å². The molecule has 4 rings (SSSR count). The summed E-state index contributed by atoms with van der Waals surface area (Å²) >= 11 is 0. The molecular weight excluding hydrogens is 294 g/mol. The minimum Gasteiger partial charge on any atom is -0.305 e. The summed E-state index contributed by atoms with van der Waals surface area (Å²) in [6, 6.07) is 28.1. The number of carbonyl (C=O) groups excluding carboxylic acids is 1. The molecule has 0 aromatic heterocycles. The molecular formula is C22H19NO. The molecule has 3 aromatic carbocycles. The van der Waals surface area contributed by atoms with Gasteiger partial charge in [0.05, 0.1) is 5.92 Å². The molecule has 0 radical (unpaired) electrons. The van der Waals surface area contributed by atoms with E-state index in [2.05, 4.69) is 29.6 Å². The molecule has 0 unspecified atom stereocenters. The summed E-state index contributed by atoms with van der Waals surface area (Å²) in [4.78, 5) is 13.3. The number of carbonyl (C=O) groups is 1. The van der Waals surface area contributed by atoms with Crippen molar-refractivity contribution in [2.24, 2.45) is 0 Å². The van der Waals surface area contributed by atoms with Gasteiger partial charge in [0.15, 0.2) is 5.78 Å². The lowest BCUT2D eigenvalue weighted by molar-refractivity contribution is 0.0933. The number of fused-ring (bicyclic) bond motifs is 1. The van der Waals surface area contributed by atoms with E-state index in [-0.39, 0.29) is 17.7 Å². The van der Waals surface area contributed by atoms with E-state index < -0.39 is 0 Å². The molecule has 0 amide bonds. The Morgan fingerprint density at radius 3 is 2.17 bits per heavy atom. The number of Topliss-reactive ketones (excluding diaryl/α,β-unsaturated/α-hetero) is 1. The van der Waals surface area contributed by atoms with Crippen molar-refractivity contribution >= 4 is 5.78 Å². The first kappa shape index (κ1) is 14.9. The van der Waals surface area contributed by atoms with Crippen molar-refractivity contribution in [1.29, 1.82) is 0 Å². The SMILES string of the molecule is O=C(c1ccccc1)[C@H]1c2ccccc2CN[C@H]1c1ccccc1. The van der Waals surface area contributed by atoms with Crippen LogP contribution < -0.4 is 5.32 Å². The largest absolute Gasteiger partial charge is 0.305 e. The van der Waals surface area contributed by atoms with Crippen molar-refractivity contribution in [1.82, 2.24) is 5.32 Å². The van der Waals surface area contributed by atoms with Gasteiger partial charge in [0.2, 0.25) is 0 Å². The summed E-state index contributed by atoms with van der Waals surface area (Å²) in [5, 5.41) is 3.57. The minimum absolute atomic E-state index is 0.00574. The van der Waals surface area contributed by atoms with E-state index in [0.717, 1.165) is 23.2 Å². The maximum atomic E-state index is 13.3. The van der Waals surface area contributed by atoms with E-state index in [0.29, 0.717) is 0 Å². The fraction of sp³-hybridized carbons (Fsp3) is 0.136.